The Morgan fingerprint density at radius 3 is 1.61 bits per heavy atom. The van der Waals surface area contributed by atoms with Crippen molar-refractivity contribution in [1.82, 2.24) is 5.32 Å². The lowest BCUT2D eigenvalue weighted by molar-refractivity contribution is 0.845. The average Bonchev–Trinajstić information content (AvgIpc) is 3.82. The van der Waals surface area contributed by atoms with E-state index >= 15 is 0 Å². The fourth-order valence-electron chi connectivity index (χ4n) is 8.56. The van der Waals surface area contributed by atoms with Gasteiger partial charge in [0.15, 0.2) is 0 Å². The van der Waals surface area contributed by atoms with Gasteiger partial charge in [-0.25, -0.2) is 0 Å². The molecule has 0 aliphatic heterocycles. The second-order valence-electron chi connectivity index (χ2n) is 19.2. The fraction of sp³-hybridized carbons (Fsp3) is 0.146. The molecule has 1 N–H and O–H groups in total. The first-order chi connectivity index (χ1) is 40.6. The summed E-state index contributed by atoms with van der Waals surface area (Å²) in [7, 11) is 1.89. The third-order valence-corrected chi connectivity index (χ3v) is 13.3. The number of likely N-dealkylation sites (N-methyl/N-ethyl adjacent to an activating group) is 1. The van der Waals surface area contributed by atoms with Gasteiger partial charge in [0.1, 0.15) is 0 Å². The van der Waals surface area contributed by atoms with Gasteiger partial charge in [-0.2, -0.15) is 0 Å². The molecule has 422 valence electrons. The van der Waals surface area contributed by atoms with Gasteiger partial charge in [-0.3, -0.25) is 0 Å². The molecule has 1 atom stereocenters. The molecule has 6 aromatic carbocycles. The molecule has 0 radical (unpaired) electrons. The van der Waals surface area contributed by atoms with E-state index in [0.717, 1.165) is 36.1 Å². The Labute approximate surface area is 502 Å². The molecule has 2 aliphatic carbocycles. The summed E-state index contributed by atoms with van der Waals surface area (Å²) in [4.78, 5) is 0. The highest BCUT2D eigenvalue weighted by Crippen LogP contribution is 2.29. The lowest BCUT2D eigenvalue weighted by Crippen LogP contribution is -2.01. The predicted octanol–water partition coefficient (Wildman–Crippen LogP) is 22.9. The number of hydrogen-bond acceptors (Lipinski definition) is 1. The van der Waals surface area contributed by atoms with E-state index in [-0.39, 0.29) is 0 Å². The Balaban J connectivity index is 0.000000288. The maximum atomic E-state index is 4.00. The SMILES string of the molecule is C#C.C=C/C(=C\C=C(/C)c1ccccc1)NC.C=C/C=C(\C=C)c1ccc(C2=CC=C(C)CC=C2)cc1.C=C/C=C(\C=C/C/C=C\C(=C/C)c1ccccc1)c1ccc(C)cc1.CC.CC1=CCC(c2ccc(-c3ccccc3)cc2)C=C1. The molecule has 0 heterocycles. The van der Waals surface area contributed by atoms with Crippen LogP contribution >= 0.6 is 0 Å². The van der Waals surface area contributed by atoms with Crippen LogP contribution < -0.4 is 5.32 Å². The van der Waals surface area contributed by atoms with E-state index in [1.807, 2.05) is 75.5 Å². The largest absolute Gasteiger partial charge is 0.388 e. The Morgan fingerprint density at radius 2 is 1.07 bits per heavy atom. The standard InChI is InChI=1S/C25H26.C20H20.C19H18.C14H17N.C2H6.C2H2/c1-4-12-23(25-19-17-21(3)18-20-25)14-9-6-8-13-22(5-2)24-15-10-7-11-16-24;1-4-7-17(5-2)19-12-14-20(15-13-19)18-9-6-8-16(3)10-11-18;1-15-7-9-17(10-8-15)19-13-11-18(12-14-19)16-5-3-2-4-6-16;1-4-14(15-3)11-10-12(2)13-8-6-5-7-9-13;2*1-2/h4-5,7-20H,1,6H2,2-3H3;4-7,9-15H,1-2,8H2,3H3;2-9,11-14,17H,10H2,1H3;4-11,15H,1H2,2-3H3;1-2H3;1-2H/b13-8-,14-9-,22-5+,23-12+;17-7+;;12-10+,14-11+;;. The lowest BCUT2D eigenvalue weighted by atomic mass is 9.89. The van der Waals surface area contributed by atoms with E-state index in [9.17, 15) is 0 Å². The Hall–Kier alpha value is -9.48. The van der Waals surface area contributed by atoms with Gasteiger partial charge in [0.05, 0.1) is 0 Å². The van der Waals surface area contributed by atoms with Gasteiger partial charge in [-0.15, -0.1) is 12.8 Å². The molecule has 6 aromatic rings. The maximum Gasteiger partial charge on any atom is 0.0331 e. The molecule has 1 unspecified atom stereocenters. The summed E-state index contributed by atoms with van der Waals surface area (Å²) in [6, 6.07) is 57.4. The topological polar surface area (TPSA) is 12.0 Å². The Kier molecular flexibility index (Phi) is 33.2. The average molecular weight is 1090 g/mol. The monoisotopic (exact) mass is 1090 g/mol. The minimum atomic E-state index is 0.536. The van der Waals surface area contributed by atoms with Crippen molar-refractivity contribution in [3.63, 3.8) is 0 Å². The van der Waals surface area contributed by atoms with Gasteiger partial charge in [0.2, 0.25) is 0 Å². The zero-order valence-electron chi connectivity index (χ0n) is 50.8. The first-order valence-electron chi connectivity index (χ1n) is 28.7. The van der Waals surface area contributed by atoms with Gasteiger partial charge in [-0.1, -0.05) is 330 Å². The summed E-state index contributed by atoms with van der Waals surface area (Å²) in [6.07, 6.45) is 52.9. The molecular formula is C82H89N. The summed E-state index contributed by atoms with van der Waals surface area (Å²) in [5, 5.41) is 3.06. The van der Waals surface area contributed by atoms with Gasteiger partial charge in [0.25, 0.3) is 0 Å². The zero-order valence-corrected chi connectivity index (χ0v) is 50.8. The second-order valence-corrected chi connectivity index (χ2v) is 19.2. The van der Waals surface area contributed by atoms with Crippen LogP contribution in [0.15, 0.2) is 328 Å². The molecule has 8 rings (SSSR count). The van der Waals surface area contributed by atoms with Gasteiger partial charge >= 0.3 is 0 Å². The van der Waals surface area contributed by atoms with Crippen molar-refractivity contribution in [3.8, 4) is 24.0 Å². The van der Waals surface area contributed by atoms with Gasteiger partial charge < -0.3 is 5.32 Å². The van der Waals surface area contributed by atoms with Crippen LogP contribution in [0, 0.1) is 19.8 Å². The van der Waals surface area contributed by atoms with Crippen LogP contribution in [-0.4, -0.2) is 7.05 Å². The minimum absolute atomic E-state index is 0.536. The number of nitrogens with one attached hydrogen (secondary N) is 1. The van der Waals surface area contributed by atoms with Crippen molar-refractivity contribution in [2.75, 3.05) is 7.05 Å². The number of hydrogen-bond donors (Lipinski definition) is 1. The van der Waals surface area contributed by atoms with E-state index in [4.69, 9.17) is 0 Å². The van der Waals surface area contributed by atoms with E-state index in [1.54, 1.807) is 12.2 Å². The summed E-state index contributed by atoms with van der Waals surface area (Å²) in [6.45, 7) is 29.7. The van der Waals surface area contributed by atoms with Crippen LogP contribution in [0.4, 0.5) is 0 Å². The molecule has 0 saturated heterocycles. The van der Waals surface area contributed by atoms with Crippen LogP contribution in [0.2, 0.25) is 0 Å². The Morgan fingerprint density at radius 1 is 0.554 bits per heavy atom. The van der Waals surface area contributed by atoms with Crippen LogP contribution in [0.25, 0.3) is 39.0 Å². The predicted molar refractivity (Wildman–Crippen MR) is 373 cm³/mol. The summed E-state index contributed by atoms with van der Waals surface area (Å²) in [5.41, 5.74) is 21.1. The van der Waals surface area contributed by atoms with Gasteiger partial charge in [0, 0.05) is 18.7 Å². The zero-order chi connectivity index (χ0) is 60.5. The highest BCUT2D eigenvalue weighted by molar-refractivity contribution is 5.80. The maximum absolute atomic E-state index is 4.00. The number of allylic oxidation sites excluding steroid dienone is 27. The molecule has 0 bridgehead atoms. The quantitative estimate of drug-likeness (QED) is 0.0709. The van der Waals surface area contributed by atoms with E-state index in [0.29, 0.717) is 5.92 Å². The third kappa shape index (κ3) is 24.8. The molecule has 0 fully saturated rings. The molecule has 1 heteroatoms. The normalized spacial score (nSPS) is 14.0. The highest BCUT2D eigenvalue weighted by atomic mass is 14.8. The van der Waals surface area contributed by atoms with Crippen molar-refractivity contribution in [3.05, 3.63) is 367 Å². The summed E-state index contributed by atoms with van der Waals surface area (Å²) in [5.74, 6) is 0.536. The molecule has 83 heavy (non-hydrogen) atoms. The first kappa shape index (κ1) is 67.8. The van der Waals surface area contributed by atoms with E-state index in [2.05, 4.69) is 298 Å². The van der Waals surface area contributed by atoms with Crippen LogP contribution in [0.5, 0.6) is 0 Å². The van der Waals surface area contributed by atoms with Crippen molar-refractivity contribution in [1.29, 1.82) is 0 Å². The highest BCUT2D eigenvalue weighted by Gasteiger charge is 2.10. The molecule has 1 nitrogen and oxygen atoms in total. The molecule has 2 aliphatic rings. The molecule has 0 aromatic heterocycles. The van der Waals surface area contributed by atoms with Crippen molar-refractivity contribution in [2.24, 2.45) is 0 Å². The first-order valence-corrected chi connectivity index (χ1v) is 28.7. The summed E-state index contributed by atoms with van der Waals surface area (Å²) >= 11 is 0. The third-order valence-electron chi connectivity index (χ3n) is 13.3. The van der Waals surface area contributed by atoms with Crippen LogP contribution in [0.1, 0.15) is 106 Å². The molecule has 0 amide bonds. The van der Waals surface area contributed by atoms with Crippen molar-refractivity contribution in [2.45, 2.75) is 73.6 Å². The smallest absolute Gasteiger partial charge is 0.0331 e. The minimum Gasteiger partial charge on any atom is -0.388 e. The fourth-order valence-corrected chi connectivity index (χ4v) is 8.56. The lowest BCUT2D eigenvalue weighted by Gasteiger charge is -2.15. The number of rotatable bonds is 17. The number of aryl methyl sites for hydroxylation is 1. The molecule has 0 saturated carbocycles. The van der Waals surface area contributed by atoms with E-state index < -0.39 is 0 Å². The molecular weight excluding hydrogens is 999 g/mol. The number of benzene rings is 6. The van der Waals surface area contributed by atoms with Crippen LogP contribution in [-0.2, 0) is 0 Å². The Bertz CT molecular complexity index is 3310. The van der Waals surface area contributed by atoms with Crippen molar-refractivity contribution >= 4 is 27.9 Å². The summed E-state index contributed by atoms with van der Waals surface area (Å²) < 4.78 is 0. The molecule has 0 spiro atoms. The van der Waals surface area contributed by atoms with Gasteiger partial charge in [-0.05, 0) is 138 Å². The van der Waals surface area contributed by atoms with Crippen molar-refractivity contribution < 1.29 is 0 Å². The van der Waals surface area contributed by atoms with Crippen LogP contribution in [0.3, 0.4) is 0 Å². The number of terminal acetylenes is 1. The second kappa shape index (κ2) is 40.7. The van der Waals surface area contributed by atoms with E-state index in [1.165, 1.54) is 77.9 Å².